The molecule has 1 saturated carbocycles. The number of nitrogens with two attached hydrogens (primary N) is 1. The van der Waals surface area contributed by atoms with E-state index >= 15 is 0 Å². The second-order valence-electron chi connectivity index (χ2n) is 7.67. The van der Waals surface area contributed by atoms with Crippen molar-refractivity contribution in [3.05, 3.63) is 64.8 Å². The van der Waals surface area contributed by atoms with E-state index in [0.717, 1.165) is 27.1 Å². The van der Waals surface area contributed by atoms with E-state index in [1.54, 1.807) is 17.7 Å². The van der Waals surface area contributed by atoms with Gasteiger partial charge < -0.3 is 10.5 Å². The molecule has 1 fully saturated rings. The Kier molecular flexibility index (Phi) is 5.32. The van der Waals surface area contributed by atoms with Crippen molar-refractivity contribution in [1.82, 2.24) is 9.97 Å². The number of nitrogens with zero attached hydrogens (tertiary/aromatic N) is 2. The SMILES string of the molecule is Nc1ncnc2c(C3CCCCC3)sc(-c3ccc(Oc4ccccc4)cc3Cl)c12. The monoisotopic (exact) mass is 435 g/mol. The van der Waals surface area contributed by atoms with Crippen LogP contribution >= 0.6 is 22.9 Å². The predicted molar refractivity (Wildman–Crippen MR) is 125 cm³/mol. The first kappa shape index (κ1) is 19.3. The van der Waals surface area contributed by atoms with Crippen LogP contribution in [0.15, 0.2) is 54.9 Å². The average molecular weight is 436 g/mol. The summed E-state index contributed by atoms with van der Waals surface area (Å²) in [5.41, 5.74) is 8.23. The second kappa shape index (κ2) is 8.25. The normalized spacial score (nSPS) is 14.8. The van der Waals surface area contributed by atoms with Gasteiger partial charge in [-0.2, -0.15) is 0 Å². The molecule has 152 valence electrons. The lowest BCUT2D eigenvalue weighted by atomic mass is 9.87. The Bertz CT molecular complexity index is 1190. The van der Waals surface area contributed by atoms with Crippen molar-refractivity contribution >= 4 is 39.7 Å². The Hall–Kier alpha value is -2.63. The Morgan fingerprint density at radius 2 is 1.77 bits per heavy atom. The molecule has 2 aromatic heterocycles. The number of fused-ring (bicyclic) bond motifs is 1. The third-order valence-corrected chi connectivity index (χ3v) is 7.38. The molecule has 6 heteroatoms. The van der Waals surface area contributed by atoms with E-state index in [1.807, 2.05) is 48.5 Å². The highest BCUT2D eigenvalue weighted by Gasteiger charge is 2.25. The van der Waals surface area contributed by atoms with Gasteiger partial charge in [0.05, 0.1) is 15.9 Å². The van der Waals surface area contributed by atoms with Gasteiger partial charge in [0.25, 0.3) is 0 Å². The van der Waals surface area contributed by atoms with Gasteiger partial charge in [-0.25, -0.2) is 9.97 Å². The van der Waals surface area contributed by atoms with Crippen molar-refractivity contribution in [1.29, 1.82) is 0 Å². The smallest absolute Gasteiger partial charge is 0.136 e. The van der Waals surface area contributed by atoms with Gasteiger partial charge in [0.15, 0.2) is 0 Å². The lowest BCUT2D eigenvalue weighted by Gasteiger charge is -2.20. The number of anilines is 1. The summed E-state index contributed by atoms with van der Waals surface area (Å²) in [4.78, 5) is 11.2. The standard InChI is InChI=1S/C24H22ClN3OS/c25-19-13-17(29-16-9-5-2-6-10-16)11-12-18(19)23-20-21(27-14-28-24(20)26)22(30-23)15-7-3-1-4-8-15/h2,5-6,9-15H,1,3-4,7-8H2,(H2,26,27,28). The zero-order chi connectivity index (χ0) is 20.5. The van der Waals surface area contributed by atoms with Crippen LogP contribution in [-0.2, 0) is 0 Å². The minimum Gasteiger partial charge on any atom is -0.457 e. The van der Waals surface area contributed by atoms with Crippen LogP contribution in [-0.4, -0.2) is 9.97 Å². The topological polar surface area (TPSA) is 61.0 Å². The quantitative estimate of drug-likeness (QED) is 0.362. The predicted octanol–water partition coefficient (Wildman–Crippen LogP) is 7.43. The number of hydrogen-bond acceptors (Lipinski definition) is 5. The zero-order valence-electron chi connectivity index (χ0n) is 16.5. The van der Waals surface area contributed by atoms with Gasteiger partial charge in [-0.05, 0) is 43.0 Å². The van der Waals surface area contributed by atoms with Crippen molar-refractivity contribution in [2.45, 2.75) is 38.0 Å². The van der Waals surface area contributed by atoms with Gasteiger partial charge in [-0.3, -0.25) is 0 Å². The molecule has 30 heavy (non-hydrogen) atoms. The van der Waals surface area contributed by atoms with Crippen LogP contribution in [0.3, 0.4) is 0 Å². The molecule has 0 radical (unpaired) electrons. The molecule has 2 heterocycles. The van der Waals surface area contributed by atoms with Crippen LogP contribution in [0.2, 0.25) is 5.02 Å². The molecule has 0 amide bonds. The number of aromatic nitrogens is 2. The van der Waals surface area contributed by atoms with Crippen molar-refractivity contribution in [2.75, 3.05) is 5.73 Å². The van der Waals surface area contributed by atoms with E-state index in [-0.39, 0.29) is 0 Å². The number of nitrogen functional groups attached to an aromatic ring is 1. The maximum absolute atomic E-state index is 6.72. The summed E-state index contributed by atoms with van der Waals surface area (Å²) in [7, 11) is 0. The summed E-state index contributed by atoms with van der Waals surface area (Å²) in [5.74, 6) is 2.52. The van der Waals surface area contributed by atoms with Gasteiger partial charge >= 0.3 is 0 Å². The van der Waals surface area contributed by atoms with E-state index in [4.69, 9.17) is 22.1 Å². The highest BCUT2D eigenvalue weighted by atomic mass is 35.5. The molecule has 0 unspecified atom stereocenters. The lowest BCUT2D eigenvalue weighted by Crippen LogP contribution is -2.03. The first-order valence-corrected chi connectivity index (χ1v) is 11.5. The van der Waals surface area contributed by atoms with Gasteiger partial charge in [0.2, 0.25) is 0 Å². The fourth-order valence-corrected chi connectivity index (χ4v) is 6.00. The number of para-hydroxylation sites is 1. The molecular weight excluding hydrogens is 414 g/mol. The minimum atomic E-state index is 0.508. The summed E-state index contributed by atoms with van der Waals surface area (Å²) in [6, 6.07) is 15.5. The number of ether oxygens (including phenoxy) is 1. The third-order valence-electron chi connectivity index (χ3n) is 5.69. The molecule has 0 saturated heterocycles. The van der Waals surface area contributed by atoms with E-state index in [9.17, 15) is 0 Å². The molecule has 0 atom stereocenters. The number of thiophene rings is 1. The van der Waals surface area contributed by atoms with Crippen molar-refractivity contribution in [2.24, 2.45) is 0 Å². The lowest BCUT2D eigenvalue weighted by molar-refractivity contribution is 0.449. The molecule has 5 rings (SSSR count). The third kappa shape index (κ3) is 3.64. The Morgan fingerprint density at radius 3 is 2.53 bits per heavy atom. The highest BCUT2D eigenvalue weighted by Crippen LogP contribution is 2.48. The Morgan fingerprint density at radius 1 is 0.967 bits per heavy atom. The molecule has 4 nitrogen and oxygen atoms in total. The maximum Gasteiger partial charge on any atom is 0.136 e. The number of benzene rings is 2. The molecule has 2 N–H and O–H groups in total. The Balaban J connectivity index is 1.57. The summed E-state index contributed by atoms with van der Waals surface area (Å²) in [5, 5.41) is 1.55. The van der Waals surface area contributed by atoms with Crippen molar-refractivity contribution in [3.63, 3.8) is 0 Å². The molecule has 2 aromatic carbocycles. The fourth-order valence-electron chi connectivity index (χ4n) is 4.22. The first-order valence-electron chi connectivity index (χ1n) is 10.3. The van der Waals surface area contributed by atoms with Crippen LogP contribution in [0, 0.1) is 0 Å². The van der Waals surface area contributed by atoms with Crippen LogP contribution in [0.1, 0.15) is 42.9 Å². The second-order valence-corrected chi connectivity index (χ2v) is 9.13. The van der Waals surface area contributed by atoms with E-state index in [1.165, 1.54) is 37.0 Å². The maximum atomic E-state index is 6.72. The van der Waals surface area contributed by atoms with Gasteiger partial charge in [-0.15, -0.1) is 11.3 Å². The van der Waals surface area contributed by atoms with Crippen LogP contribution < -0.4 is 10.5 Å². The average Bonchev–Trinajstić information content (AvgIpc) is 3.16. The molecule has 0 bridgehead atoms. The highest BCUT2D eigenvalue weighted by molar-refractivity contribution is 7.17. The fraction of sp³-hybridized carbons (Fsp3) is 0.250. The van der Waals surface area contributed by atoms with Crippen LogP contribution in [0.4, 0.5) is 5.82 Å². The summed E-state index contributed by atoms with van der Waals surface area (Å²) in [6.45, 7) is 0. The molecule has 1 aliphatic rings. The zero-order valence-corrected chi connectivity index (χ0v) is 18.0. The first-order chi connectivity index (χ1) is 14.7. The van der Waals surface area contributed by atoms with E-state index in [2.05, 4.69) is 9.97 Å². The van der Waals surface area contributed by atoms with E-state index in [0.29, 0.717) is 22.5 Å². The van der Waals surface area contributed by atoms with Crippen LogP contribution in [0.5, 0.6) is 11.5 Å². The van der Waals surface area contributed by atoms with Gasteiger partial charge in [0.1, 0.15) is 23.6 Å². The van der Waals surface area contributed by atoms with Gasteiger partial charge in [0, 0.05) is 21.4 Å². The van der Waals surface area contributed by atoms with Crippen molar-refractivity contribution in [3.8, 4) is 21.9 Å². The minimum absolute atomic E-state index is 0.508. The molecule has 0 spiro atoms. The molecule has 0 aliphatic heterocycles. The number of hydrogen-bond donors (Lipinski definition) is 1. The molecule has 1 aliphatic carbocycles. The van der Waals surface area contributed by atoms with Gasteiger partial charge in [-0.1, -0.05) is 49.1 Å². The Labute approximate surface area is 184 Å². The molecule has 4 aromatic rings. The summed E-state index contributed by atoms with van der Waals surface area (Å²) < 4.78 is 5.93. The number of rotatable bonds is 4. The largest absolute Gasteiger partial charge is 0.457 e. The van der Waals surface area contributed by atoms with Crippen molar-refractivity contribution < 1.29 is 4.74 Å². The number of halogens is 1. The molecular formula is C24H22ClN3OS. The summed E-state index contributed by atoms with van der Waals surface area (Å²) >= 11 is 8.49. The summed E-state index contributed by atoms with van der Waals surface area (Å²) in [6.07, 6.45) is 7.84. The van der Waals surface area contributed by atoms with Crippen LogP contribution in [0.25, 0.3) is 21.3 Å². The van der Waals surface area contributed by atoms with E-state index < -0.39 is 0 Å².